The molecule has 2 bridgehead atoms. The summed E-state index contributed by atoms with van der Waals surface area (Å²) in [4.78, 5) is 2.72. The Morgan fingerprint density at radius 1 is 1.04 bits per heavy atom. The second kappa shape index (κ2) is 6.99. The lowest BCUT2D eigenvalue weighted by atomic mass is 9.80. The van der Waals surface area contributed by atoms with E-state index in [-0.39, 0.29) is 0 Å². The van der Waals surface area contributed by atoms with Crippen molar-refractivity contribution in [3.63, 3.8) is 0 Å². The molecular formula is C21H25BrN2. The summed E-state index contributed by atoms with van der Waals surface area (Å²) in [5.74, 6) is 0.800. The van der Waals surface area contributed by atoms with Gasteiger partial charge in [0.1, 0.15) is 0 Å². The average Bonchev–Trinajstić information content (AvgIpc) is 2.56. The van der Waals surface area contributed by atoms with Crippen molar-refractivity contribution in [1.82, 2.24) is 4.90 Å². The smallest absolute Gasteiger partial charge is 0.0237 e. The van der Waals surface area contributed by atoms with Crippen molar-refractivity contribution in [3.05, 3.63) is 69.2 Å². The van der Waals surface area contributed by atoms with Crippen molar-refractivity contribution in [2.45, 2.75) is 44.8 Å². The summed E-state index contributed by atoms with van der Waals surface area (Å²) in [5, 5.41) is 0. The Kier molecular flexibility index (Phi) is 4.75. The van der Waals surface area contributed by atoms with Crippen molar-refractivity contribution >= 4 is 15.9 Å². The van der Waals surface area contributed by atoms with Crippen molar-refractivity contribution in [2.24, 2.45) is 11.7 Å². The normalized spacial score (nSPS) is 23.6. The number of nitrogens with two attached hydrogens (primary N) is 1. The Morgan fingerprint density at radius 2 is 1.83 bits per heavy atom. The third kappa shape index (κ3) is 3.30. The van der Waals surface area contributed by atoms with E-state index >= 15 is 0 Å². The standard InChI is InChI=1S/C21H25BrN2/c22-21-10-16(5-7-19(21)12-23)14-24-13-15-6-8-20(24)11-18-4-2-1-3-17(18)9-15/h1-5,7,10,15,20H,6,8-9,11-14,23H2/t15-,20+/m1/s1. The molecule has 0 unspecified atom stereocenters. The monoisotopic (exact) mass is 384 g/mol. The number of hydrogen-bond donors (Lipinski definition) is 1. The molecule has 2 aromatic carbocycles. The number of piperidine rings is 1. The number of benzene rings is 2. The van der Waals surface area contributed by atoms with Crippen LogP contribution in [0.3, 0.4) is 0 Å². The number of nitrogens with zero attached hydrogens (tertiary/aromatic N) is 1. The summed E-state index contributed by atoms with van der Waals surface area (Å²) in [6.07, 6.45) is 5.16. The molecule has 0 spiro atoms. The zero-order valence-electron chi connectivity index (χ0n) is 14.0. The third-order valence-corrected chi connectivity index (χ3v) is 6.46. The highest BCUT2D eigenvalue weighted by atomic mass is 79.9. The van der Waals surface area contributed by atoms with E-state index in [0.29, 0.717) is 12.6 Å². The first-order chi connectivity index (χ1) is 11.7. The van der Waals surface area contributed by atoms with E-state index in [0.717, 1.165) is 16.9 Å². The Balaban J connectivity index is 1.56. The lowest BCUT2D eigenvalue weighted by molar-refractivity contribution is 0.0938. The summed E-state index contributed by atoms with van der Waals surface area (Å²) >= 11 is 3.66. The van der Waals surface area contributed by atoms with Crippen molar-refractivity contribution < 1.29 is 0 Å². The van der Waals surface area contributed by atoms with Gasteiger partial charge < -0.3 is 5.73 Å². The van der Waals surface area contributed by atoms with Gasteiger partial charge in [0.05, 0.1) is 0 Å². The van der Waals surface area contributed by atoms with Gasteiger partial charge in [-0.1, -0.05) is 52.3 Å². The fourth-order valence-corrected chi connectivity index (χ4v) is 4.97. The van der Waals surface area contributed by atoms with Crippen LogP contribution >= 0.6 is 15.9 Å². The number of hydrogen-bond acceptors (Lipinski definition) is 2. The van der Waals surface area contributed by atoms with Crippen LogP contribution in [0.4, 0.5) is 0 Å². The first-order valence-electron chi connectivity index (χ1n) is 9.01. The molecule has 2 nitrogen and oxygen atoms in total. The second-order valence-corrected chi connectivity index (χ2v) is 8.19. The van der Waals surface area contributed by atoms with Crippen LogP contribution in [-0.2, 0) is 25.9 Å². The molecule has 5 rings (SSSR count). The largest absolute Gasteiger partial charge is 0.326 e. The van der Waals surface area contributed by atoms with Crippen LogP contribution in [-0.4, -0.2) is 17.5 Å². The van der Waals surface area contributed by atoms with E-state index in [1.54, 1.807) is 11.1 Å². The molecule has 2 aliphatic heterocycles. The number of rotatable bonds is 3. The number of fused-ring (bicyclic) bond motifs is 2. The third-order valence-electron chi connectivity index (χ3n) is 5.72. The molecule has 2 N–H and O–H groups in total. The first-order valence-corrected chi connectivity index (χ1v) is 9.80. The molecule has 0 amide bonds. The van der Waals surface area contributed by atoms with Gasteiger partial charge in [0.25, 0.3) is 0 Å². The highest BCUT2D eigenvalue weighted by molar-refractivity contribution is 9.10. The fraction of sp³-hybridized carbons (Fsp3) is 0.429. The highest BCUT2D eigenvalue weighted by Crippen LogP contribution is 2.33. The maximum atomic E-state index is 5.78. The van der Waals surface area contributed by atoms with E-state index in [9.17, 15) is 0 Å². The maximum absolute atomic E-state index is 5.78. The van der Waals surface area contributed by atoms with Crippen LogP contribution in [0.1, 0.15) is 35.1 Å². The second-order valence-electron chi connectivity index (χ2n) is 7.33. The molecule has 3 aliphatic rings. The van der Waals surface area contributed by atoms with Gasteiger partial charge in [-0.2, -0.15) is 0 Å². The lowest BCUT2D eigenvalue weighted by Gasteiger charge is -2.42. The van der Waals surface area contributed by atoms with Crippen molar-refractivity contribution in [3.8, 4) is 0 Å². The Bertz CT molecular complexity index is 728. The number of halogens is 1. The van der Waals surface area contributed by atoms with Crippen LogP contribution in [0.15, 0.2) is 46.9 Å². The summed E-state index contributed by atoms with van der Waals surface area (Å²) in [6, 6.07) is 16.4. The average molecular weight is 385 g/mol. The summed E-state index contributed by atoms with van der Waals surface area (Å²) in [5.41, 5.74) is 11.5. The molecule has 2 heterocycles. The molecule has 2 aromatic rings. The zero-order chi connectivity index (χ0) is 16.5. The maximum Gasteiger partial charge on any atom is 0.0237 e. The van der Waals surface area contributed by atoms with Crippen LogP contribution in [0.25, 0.3) is 0 Å². The molecule has 3 heteroatoms. The zero-order valence-corrected chi connectivity index (χ0v) is 15.6. The Labute approximate surface area is 153 Å². The predicted octanol–water partition coefficient (Wildman–Crippen LogP) is 4.29. The van der Waals surface area contributed by atoms with E-state index < -0.39 is 0 Å². The van der Waals surface area contributed by atoms with Crippen LogP contribution in [0.5, 0.6) is 0 Å². The van der Waals surface area contributed by atoms with Gasteiger partial charge in [0.2, 0.25) is 0 Å². The fourth-order valence-electron chi connectivity index (χ4n) is 4.38. The van der Waals surface area contributed by atoms with E-state index in [2.05, 4.69) is 63.3 Å². The lowest BCUT2D eigenvalue weighted by Crippen LogP contribution is -2.46. The van der Waals surface area contributed by atoms with E-state index in [1.807, 2.05) is 0 Å². The molecule has 1 saturated heterocycles. The van der Waals surface area contributed by atoms with Gasteiger partial charge in [-0.25, -0.2) is 0 Å². The van der Waals surface area contributed by atoms with E-state index in [4.69, 9.17) is 5.73 Å². The molecule has 0 aromatic heterocycles. The minimum absolute atomic E-state index is 0.589. The summed E-state index contributed by atoms with van der Waals surface area (Å²) in [7, 11) is 0. The molecule has 2 atom stereocenters. The quantitative estimate of drug-likeness (QED) is 0.854. The van der Waals surface area contributed by atoms with Gasteiger partial charge in [-0.05, 0) is 59.9 Å². The topological polar surface area (TPSA) is 29.3 Å². The first kappa shape index (κ1) is 16.3. The van der Waals surface area contributed by atoms with Crippen LogP contribution in [0, 0.1) is 5.92 Å². The van der Waals surface area contributed by atoms with Crippen LogP contribution < -0.4 is 5.73 Å². The van der Waals surface area contributed by atoms with Gasteiger partial charge in [0.15, 0.2) is 0 Å². The van der Waals surface area contributed by atoms with Gasteiger partial charge >= 0.3 is 0 Å². The SMILES string of the molecule is NCc1ccc(CN2C[C@@H]3CC[C@H]2Cc2ccccc2C3)cc1Br. The minimum atomic E-state index is 0.589. The minimum Gasteiger partial charge on any atom is -0.326 e. The Morgan fingerprint density at radius 3 is 2.58 bits per heavy atom. The molecule has 1 fully saturated rings. The van der Waals surface area contributed by atoms with Crippen LogP contribution in [0.2, 0.25) is 0 Å². The van der Waals surface area contributed by atoms with Crippen molar-refractivity contribution in [2.75, 3.05) is 6.54 Å². The van der Waals surface area contributed by atoms with Gasteiger partial charge in [-0.3, -0.25) is 4.90 Å². The molecular weight excluding hydrogens is 360 g/mol. The molecule has 24 heavy (non-hydrogen) atoms. The predicted molar refractivity (Wildman–Crippen MR) is 103 cm³/mol. The summed E-state index contributed by atoms with van der Waals surface area (Å²) in [6.45, 7) is 2.87. The van der Waals surface area contributed by atoms with Gasteiger partial charge in [-0.15, -0.1) is 0 Å². The molecule has 0 saturated carbocycles. The van der Waals surface area contributed by atoms with Gasteiger partial charge in [0, 0.05) is 30.1 Å². The summed E-state index contributed by atoms with van der Waals surface area (Å²) < 4.78 is 1.14. The molecule has 1 aliphatic carbocycles. The molecule has 0 radical (unpaired) electrons. The Hall–Kier alpha value is -1.16. The molecule has 126 valence electrons. The van der Waals surface area contributed by atoms with Crippen molar-refractivity contribution in [1.29, 1.82) is 0 Å². The van der Waals surface area contributed by atoms with E-state index in [1.165, 1.54) is 43.4 Å². The highest BCUT2D eigenvalue weighted by Gasteiger charge is 2.31.